The van der Waals surface area contributed by atoms with Gasteiger partial charge in [0.15, 0.2) is 5.82 Å². The predicted octanol–water partition coefficient (Wildman–Crippen LogP) is 3.98. The van der Waals surface area contributed by atoms with Crippen LogP contribution in [-0.4, -0.2) is 35.0 Å². The van der Waals surface area contributed by atoms with Crippen molar-refractivity contribution >= 4 is 17.6 Å². The molecule has 2 fully saturated rings. The minimum atomic E-state index is -0.390. The van der Waals surface area contributed by atoms with E-state index in [-0.39, 0.29) is 17.7 Å². The van der Waals surface area contributed by atoms with Crippen molar-refractivity contribution in [1.82, 2.24) is 10.1 Å². The Hall–Kier alpha value is -2.63. The first-order valence-corrected chi connectivity index (χ1v) is 10.6. The van der Waals surface area contributed by atoms with Crippen molar-refractivity contribution in [2.45, 2.75) is 57.8 Å². The Morgan fingerprint density at radius 2 is 1.83 bits per heavy atom. The van der Waals surface area contributed by atoms with Gasteiger partial charge in [0.1, 0.15) is 5.76 Å². The molecule has 0 unspecified atom stereocenters. The van der Waals surface area contributed by atoms with Crippen LogP contribution in [0.4, 0.5) is 5.82 Å². The second kappa shape index (κ2) is 8.01. The summed E-state index contributed by atoms with van der Waals surface area (Å²) in [6.45, 7) is 5.15. The maximum absolute atomic E-state index is 13.6. The Morgan fingerprint density at radius 1 is 1.14 bits per heavy atom. The van der Waals surface area contributed by atoms with Gasteiger partial charge < -0.3 is 14.7 Å². The van der Waals surface area contributed by atoms with Gasteiger partial charge >= 0.3 is 0 Å². The van der Waals surface area contributed by atoms with Crippen LogP contribution < -0.4 is 5.32 Å². The molecule has 1 aliphatic heterocycles. The fourth-order valence-electron chi connectivity index (χ4n) is 4.99. The molecule has 0 radical (unpaired) electrons. The topological polar surface area (TPSA) is 75.4 Å². The van der Waals surface area contributed by atoms with E-state index >= 15 is 0 Å². The summed E-state index contributed by atoms with van der Waals surface area (Å²) in [6.07, 6.45) is 5.38. The number of carbonyl (C=O) groups is 2. The largest absolute Gasteiger partial charge is 0.360 e. The van der Waals surface area contributed by atoms with E-state index in [1.165, 1.54) is 11.1 Å². The Bertz CT molecular complexity index is 890. The van der Waals surface area contributed by atoms with Gasteiger partial charge in [0.05, 0.1) is 5.41 Å². The molecule has 0 spiro atoms. The number of aromatic nitrogens is 1. The first-order valence-electron chi connectivity index (χ1n) is 10.6. The highest BCUT2D eigenvalue weighted by atomic mass is 16.5. The molecule has 0 atom stereocenters. The summed E-state index contributed by atoms with van der Waals surface area (Å²) in [5.41, 5.74) is 1.99. The Kier molecular flexibility index (Phi) is 5.43. The molecular formula is C23H29N3O3. The molecule has 2 amide bonds. The monoisotopic (exact) mass is 395 g/mol. The van der Waals surface area contributed by atoms with Crippen molar-refractivity contribution in [3.63, 3.8) is 0 Å². The lowest BCUT2D eigenvalue weighted by atomic mass is 9.75. The number of likely N-dealkylation sites (tertiary alicyclic amines) is 1. The van der Waals surface area contributed by atoms with E-state index in [9.17, 15) is 9.59 Å². The van der Waals surface area contributed by atoms with Crippen molar-refractivity contribution < 1.29 is 14.1 Å². The van der Waals surface area contributed by atoms with Gasteiger partial charge in [0, 0.05) is 25.1 Å². The molecule has 1 N–H and O–H groups in total. The van der Waals surface area contributed by atoms with E-state index in [0.717, 1.165) is 25.7 Å². The fraction of sp³-hybridized carbons (Fsp3) is 0.522. The molecule has 2 aliphatic rings. The molecule has 1 aromatic carbocycles. The van der Waals surface area contributed by atoms with Crippen molar-refractivity contribution in [1.29, 1.82) is 0 Å². The van der Waals surface area contributed by atoms with Crippen LogP contribution in [0.25, 0.3) is 0 Å². The van der Waals surface area contributed by atoms with Crippen LogP contribution in [0.15, 0.2) is 34.9 Å². The smallest absolute Gasteiger partial charge is 0.233 e. The first-order chi connectivity index (χ1) is 14.0. The predicted molar refractivity (Wildman–Crippen MR) is 110 cm³/mol. The summed E-state index contributed by atoms with van der Waals surface area (Å²) in [4.78, 5) is 28.2. The minimum Gasteiger partial charge on any atom is -0.360 e. The van der Waals surface area contributed by atoms with Crippen LogP contribution in [0.1, 0.15) is 55.4 Å². The number of benzene rings is 1. The summed E-state index contributed by atoms with van der Waals surface area (Å²) in [7, 11) is 0. The molecule has 0 bridgehead atoms. The Labute approximate surface area is 171 Å². The minimum absolute atomic E-state index is 0.0418. The number of piperidine rings is 1. The molecule has 1 saturated carbocycles. The third-order valence-corrected chi connectivity index (χ3v) is 6.56. The highest BCUT2D eigenvalue weighted by molar-refractivity contribution is 5.92. The second-order valence-corrected chi connectivity index (χ2v) is 8.48. The van der Waals surface area contributed by atoms with Crippen LogP contribution >= 0.6 is 0 Å². The molecule has 1 saturated heterocycles. The average molecular weight is 396 g/mol. The molecule has 2 heterocycles. The van der Waals surface area contributed by atoms with E-state index in [4.69, 9.17) is 4.52 Å². The number of hydrogen-bond acceptors (Lipinski definition) is 4. The number of anilines is 1. The lowest BCUT2D eigenvalue weighted by Gasteiger charge is -2.39. The lowest BCUT2D eigenvalue weighted by Crippen LogP contribution is -2.49. The van der Waals surface area contributed by atoms with Gasteiger partial charge in [-0.15, -0.1) is 0 Å². The second-order valence-electron chi connectivity index (χ2n) is 8.48. The van der Waals surface area contributed by atoms with Gasteiger partial charge in [-0.05, 0) is 50.7 Å². The number of hydrogen-bond donors (Lipinski definition) is 1. The molecule has 29 heavy (non-hydrogen) atoms. The van der Waals surface area contributed by atoms with Gasteiger partial charge in [-0.25, -0.2) is 0 Å². The number of amides is 2. The van der Waals surface area contributed by atoms with Crippen molar-refractivity contribution in [2.75, 3.05) is 18.4 Å². The highest BCUT2D eigenvalue weighted by Gasteiger charge is 2.46. The Morgan fingerprint density at radius 3 is 2.45 bits per heavy atom. The Balaban J connectivity index is 1.43. The zero-order valence-corrected chi connectivity index (χ0v) is 17.2. The summed E-state index contributed by atoms with van der Waals surface area (Å²) >= 11 is 0. The van der Waals surface area contributed by atoms with E-state index in [2.05, 4.69) is 29.5 Å². The van der Waals surface area contributed by atoms with Crippen molar-refractivity contribution in [3.05, 3.63) is 47.2 Å². The van der Waals surface area contributed by atoms with Gasteiger partial charge in [-0.1, -0.05) is 42.3 Å². The van der Waals surface area contributed by atoms with Crippen molar-refractivity contribution in [3.8, 4) is 0 Å². The highest BCUT2D eigenvalue weighted by Crippen LogP contribution is 2.44. The summed E-state index contributed by atoms with van der Waals surface area (Å²) < 4.78 is 5.00. The third kappa shape index (κ3) is 3.80. The van der Waals surface area contributed by atoms with Crippen LogP contribution in [0, 0.1) is 19.8 Å². The van der Waals surface area contributed by atoms with E-state index in [0.29, 0.717) is 37.5 Å². The average Bonchev–Trinajstić information content (AvgIpc) is 3.38. The molecule has 1 aromatic heterocycles. The van der Waals surface area contributed by atoms with Crippen molar-refractivity contribution in [2.24, 2.45) is 5.92 Å². The van der Waals surface area contributed by atoms with Crippen LogP contribution in [0.3, 0.4) is 0 Å². The molecular weight excluding hydrogens is 366 g/mol. The number of aryl methyl sites for hydroxylation is 2. The van der Waals surface area contributed by atoms with Gasteiger partial charge in [0.2, 0.25) is 11.8 Å². The van der Waals surface area contributed by atoms with Gasteiger partial charge in [0.25, 0.3) is 0 Å². The summed E-state index contributed by atoms with van der Waals surface area (Å²) in [6, 6.07) is 10.0. The first kappa shape index (κ1) is 19.7. The molecule has 2 aromatic rings. The zero-order valence-electron chi connectivity index (χ0n) is 17.2. The lowest BCUT2D eigenvalue weighted by molar-refractivity contribution is -0.140. The zero-order chi connectivity index (χ0) is 20.4. The number of carbonyl (C=O) groups excluding carboxylic acids is 2. The molecule has 4 rings (SSSR count). The van der Waals surface area contributed by atoms with E-state index in [1.54, 1.807) is 13.0 Å². The molecule has 6 heteroatoms. The van der Waals surface area contributed by atoms with Crippen LogP contribution in [0.5, 0.6) is 0 Å². The number of nitrogens with one attached hydrogen (secondary N) is 1. The van der Waals surface area contributed by atoms with Crippen LogP contribution in [-0.2, 0) is 15.0 Å². The maximum atomic E-state index is 13.6. The van der Waals surface area contributed by atoms with Gasteiger partial charge in [-0.3, -0.25) is 9.59 Å². The number of nitrogens with zero attached hydrogens (tertiary/aromatic N) is 2. The summed E-state index contributed by atoms with van der Waals surface area (Å²) in [5, 5.41) is 6.65. The number of rotatable bonds is 4. The quantitative estimate of drug-likeness (QED) is 0.850. The van der Waals surface area contributed by atoms with E-state index < -0.39 is 5.41 Å². The SMILES string of the molecule is Cc1cc(NC(=O)C2CCN(C(=O)C3(c4ccccc4C)CCCC3)CC2)no1. The molecule has 6 nitrogen and oxygen atoms in total. The molecule has 1 aliphatic carbocycles. The van der Waals surface area contributed by atoms with E-state index in [1.807, 2.05) is 17.0 Å². The fourth-order valence-corrected chi connectivity index (χ4v) is 4.99. The third-order valence-electron chi connectivity index (χ3n) is 6.56. The normalized spacial score (nSPS) is 19.3. The summed E-state index contributed by atoms with van der Waals surface area (Å²) in [5.74, 6) is 1.22. The van der Waals surface area contributed by atoms with Crippen LogP contribution in [0.2, 0.25) is 0 Å². The standard InChI is InChI=1S/C23H29N3O3/c1-16-7-3-4-8-19(16)23(11-5-6-12-23)22(28)26-13-9-18(10-14-26)21(27)24-20-15-17(2)29-25-20/h3-4,7-8,15,18H,5-6,9-14H2,1-2H3,(H,24,25,27). The van der Waals surface area contributed by atoms with Gasteiger partial charge in [-0.2, -0.15) is 0 Å². The molecule has 154 valence electrons. The maximum Gasteiger partial charge on any atom is 0.233 e.